The average molecular weight is 211 g/mol. The van der Waals surface area contributed by atoms with Crippen LogP contribution in [-0.2, 0) is 0 Å². The fourth-order valence-electron chi connectivity index (χ4n) is 0.543. The van der Waals surface area contributed by atoms with Gasteiger partial charge in [-0.25, -0.2) is 0 Å². The molecule has 0 aliphatic carbocycles. The molecular weight excluding hydrogens is 203 g/mol. The van der Waals surface area contributed by atoms with E-state index < -0.39 is 0 Å². The van der Waals surface area contributed by atoms with Crippen molar-refractivity contribution in [3.8, 4) is 0 Å². The van der Waals surface area contributed by atoms with E-state index in [0.29, 0.717) is 16.3 Å². The number of anilines is 1. The fourth-order valence-corrected chi connectivity index (χ4v) is 0.991. The Bertz CT molecular complexity index is 247. The van der Waals surface area contributed by atoms with Crippen molar-refractivity contribution in [2.24, 2.45) is 0 Å². The molecule has 0 aromatic carbocycles. The maximum Gasteiger partial charge on any atom is 0.229 e. The van der Waals surface area contributed by atoms with Crippen LogP contribution in [0.4, 0.5) is 5.95 Å². The van der Waals surface area contributed by atoms with Crippen LogP contribution in [0.3, 0.4) is 0 Å². The minimum absolute atomic E-state index is 0. The first-order valence-corrected chi connectivity index (χ1v) is 3.80. The molecule has 0 aliphatic heterocycles. The van der Waals surface area contributed by atoms with E-state index in [1.165, 1.54) is 0 Å². The molecule has 0 N–H and O–H groups in total. The van der Waals surface area contributed by atoms with Crippen LogP contribution >= 0.6 is 25.3 Å². The Labute approximate surface area is 104 Å². The van der Waals surface area contributed by atoms with Gasteiger partial charge in [-0.2, -0.15) is 15.0 Å². The second-order valence-corrected chi connectivity index (χ2v) is 2.93. The molecule has 0 bridgehead atoms. The van der Waals surface area contributed by atoms with Crippen LogP contribution in [0.5, 0.6) is 0 Å². The van der Waals surface area contributed by atoms with E-state index >= 15 is 0 Å². The summed E-state index contributed by atoms with van der Waals surface area (Å²) in [6, 6.07) is 0. The van der Waals surface area contributed by atoms with Crippen LogP contribution in [-0.4, -0.2) is 58.6 Å². The minimum Gasteiger partial charge on any atom is -0.347 e. The zero-order chi connectivity index (χ0) is 8.43. The van der Waals surface area contributed by atoms with Gasteiger partial charge in [0.15, 0.2) is 10.3 Å². The standard InChI is InChI=1S/C5H8N4S2.Na/c1-9(2)3-6-4(10)8-5(11)7-3;/h1-2H3,(H2,6,7,8,10,11);. The first-order valence-electron chi connectivity index (χ1n) is 2.91. The molecule has 0 unspecified atom stereocenters. The molecule has 0 spiro atoms. The Balaban J connectivity index is 0.00000121. The Kier molecular flexibility index (Phi) is 5.51. The molecule has 0 aliphatic rings. The van der Waals surface area contributed by atoms with Crippen molar-refractivity contribution >= 4 is 60.8 Å². The van der Waals surface area contributed by atoms with Gasteiger partial charge in [0.25, 0.3) is 0 Å². The first kappa shape index (κ1) is 12.5. The summed E-state index contributed by atoms with van der Waals surface area (Å²) >= 11 is 7.96. The number of hydrogen-bond donors (Lipinski definition) is 2. The molecule has 0 amide bonds. The van der Waals surface area contributed by atoms with E-state index in [4.69, 9.17) is 0 Å². The van der Waals surface area contributed by atoms with Gasteiger partial charge >= 0.3 is 0 Å². The monoisotopic (exact) mass is 211 g/mol. The van der Waals surface area contributed by atoms with Crippen molar-refractivity contribution in [2.75, 3.05) is 19.0 Å². The van der Waals surface area contributed by atoms with Gasteiger partial charge in [-0.1, -0.05) is 0 Å². The molecular formula is C5H8N4NaS2. The molecule has 0 saturated carbocycles. The van der Waals surface area contributed by atoms with Crippen LogP contribution in [0.25, 0.3) is 0 Å². The van der Waals surface area contributed by atoms with E-state index in [-0.39, 0.29) is 29.6 Å². The summed E-state index contributed by atoms with van der Waals surface area (Å²) in [7, 11) is 3.69. The number of rotatable bonds is 1. The van der Waals surface area contributed by atoms with Crippen molar-refractivity contribution < 1.29 is 0 Å². The molecule has 61 valence electrons. The summed E-state index contributed by atoms with van der Waals surface area (Å²) < 4.78 is 0. The van der Waals surface area contributed by atoms with Crippen molar-refractivity contribution in [2.45, 2.75) is 10.3 Å². The van der Waals surface area contributed by atoms with Gasteiger partial charge in [-0.05, 0) is 0 Å². The SMILES string of the molecule is CN(C)c1nc(S)nc(S)n1.[Na]. The molecule has 7 heteroatoms. The van der Waals surface area contributed by atoms with Crippen LogP contribution in [0.2, 0.25) is 0 Å². The van der Waals surface area contributed by atoms with E-state index in [9.17, 15) is 0 Å². The largest absolute Gasteiger partial charge is 0.347 e. The third-order valence-electron chi connectivity index (χ3n) is 1.00. The van der Waals surface area contributed by atoms with E-state index in [1.54, 1.807) is 4.90 Å². The van der Waals surface area contributed by atoms with Gasteiger partial charge < -0.3 is 4.90 Å². The molecule has 4 nitrogen and oxygen atoms in total. The zero-order valence-corrected chi connectivity index (χ0v) is 11.0. The van der Waals surface area contributed by atoms with Crippen LogP contribution in [0, 0.1) is 0 Å². The van der Waals surface area contributed by atoms with Gasteiger partial charge in [0.05, 0.1) is 0 Å². The smallest absolute Gasteiger partial charge is 0.229 e. The second kappa shape index (κ2) is 5.29. The molecule has 1 rings (SSSR count). The summed E-state index contributed by atoms with van der Waals surface area (Å²) in [4.78, 5) is 13.5. The first-order chi connectivity index (χ1) is 5.09. The Hall–Kier alpha value is 0.510. The third-order valence-corrected chi connectivity index (χ3v) is 1.40. The molecule has 0 saturated heterocycles. The van der Waals surface area contributed by atoms with Gasteiger partial charge in [-0.3, -0.25) is 0 Å². The number of nitrogens with zero attached hydrogens (tertiary/aromatic N) is 4. The molecule has 1 aromatic rings. The second-order valence-electron chi connectivity index (χ2n) is 2.13. The Morgan fingerprint density at radius 1 is 1.00 bits per heavy atom. The Morgan fingerprint density at radius 2 is 1.42 bits per heavy atom. The quantitative estimate of drug-likeness (QED) is 0.512. The van der Waals surface area contributed by atoms with Crippen LogP contribution < -0.4 is 4.90 Å². The predicted molar refractivity (Wildman–Crippen MR) is 54.4 cm³/mol. The van der Waals surface area contributed by atoms with Crippen LogP contribution in [0.1, 0.15) is 0 Å². The van der Waals surface area contributed by atoms with Crippen LogP contribution in [0.15, 0.2) is 10.3 Å². The number of aromatic nitrogens is 3. The zero-order valence-electron chi connectivity index (χ0n) is 7.18. The summed E-state index contributed by atoms with van der Waals surface area (Å²) in [6.07, 6.45) is 0. The average Bonchev–Trinajstić information content (AvgIpc) is 1.85. The molecule has 0 atom stereocenters. The maximum atomic E-state index is 3.98. The number of hydrogen-bond acceptors (Lipinski definition) is 6. The van der Waals surface area contributed by atoms with Gasteiger partial charge in [0.1, 0.15) is 0 Å². The number of thiol groups is 2. The maximum absolute atomic E-state index is 3.98. The molecule has 1 heterocycles. The van der Waals surface area contributed by atoms with Gasteiger partial charge in [0.2, 0.25) is 5.95 Å². The van der Waals surface area contributed by atoms with Crippen molar-refractivity contribution in [1.82, 2.24) is 15.0 Å². The van der Waals surface area contributed by atoms with E-state index in [1.807, 2.05) is 14.1 Å². The molecule has 1 radical (unpaired) electrons. The fraction of sp³-hybridized carbons (Fsp3) is 0.400. The van der Waals surface area contributed by atoms with Crippen molar-refractivity contribution in [3.05, 3.63) is 0 Å². The summed E-state index contributed by atoms with van der Waals surface area (Å²) in [5.74, 6) is 0.565. The summed E-state index contributed by atoms with van der Waals surface area (Å²) in [6.45, 7) is 0. The Morgan fingerprint density at radius 3 is 1.75 bits per heavy atom. The molecule has 1 aromatic heterocycles. The van der Waals surface area contributed by atoms with Crippen molar-refractivity contribution in [1.29, 1.82) is 0 Å². The van der Waals surface area contributed by atoms with Crippen molar-refractivity contribution in [3.63, 3.8) is 0 Å². The summed E-state index contributed by atoms with van der Waals surface area (Å²) in [5.41, 5.74) is 0. The van der Waals surface area contributed by atoms with E-state index in [2.05, 4.69) is 40.2 Å². The van der Waals surface area contributed by atoms with Gasteiger partial charge in [-0.15, -0.1) is 25.3 Å². The van der Waals surface area contributed by atoms with Gasteiger partial charge in [0, 0.05) is 43.7 Å². The van der Waals surface area contributed by atoms with E-state index in [0.717, 1.165) is 0 Å². The molecule has 12 heavy (non-hydrogen) atoms. The third kappa shape index (κ3) is 3.49. The minimum atomic E-state index is 0. The topological polar surface area (TPSA) is 41.9 Å². The summed E-state index contributed by atoms with van der Waals surface area (Å²) in [5, 5.41) is 0.766. The predicted octanol–water partition coefficient (Wildman–Crippen LogP) is 0.134. The normalized spacial score (nSPS) is 9.00. The molecule has 0 fully saturated rings.